The number of nitrogens with zero attached hydrogens (tertiary/aromatic N) is 2. The number of hydrogen-bond donors (Lipinski definition) is 2. The summed E-state index contributed by atoms with van der Waals surface area (Å²) in [4.78, 5) is 20.9. The van der Waals surface area contributed by atoms with Gasteiger partial charge >= 0.3 is 0 Å². The van der Waals surface area contributed by atoms with Crippen molar-refractivity contribution in [1.82, 2.24) is 15.3 Å². The van der Waals surface area contributed by atoms with Gasteiger partial charge in [-0.15, -0.1) is 0 Å². The molecule has 0 aromatic carbocycles. The molecule has 2 N–H and O–H groups in total. The summed E-state index contributed by atoms with van der Waals surface area (Å²) in [6.07, 6.45) is 2.48. The van der Waals surface area contributed by atoms with E-state index in [1.165, 1.54) is 12.8 Å². The van der Waals surface area contributed by atoms with Gasteiger partial charge in [0.05, 0.1) is 5.69 Å². The highest BCUT2D eigenvalue weighted by Gasteiger charge is 2.20. The Bertz CT molecular complexity index is 421. The lowest BCUT2D eigenvalue weighted by molar-refractivity contribution is 0.668. The Morgan fingerprint density at radius 3 is 2.76 bits per heavy atom. The van der Waals surface area contributed by atoms with Crippen LogP contribution in [0.15, 0.2) is 10.9 Å². The predicted molar refractivity (Wildman–Crippen MR) is 68.3 cm³/mol. The zero-order chi connectivity index (χ0) is 12.3. The molecule has 0 aliphatic heterocycles. The molecule has 0 atom stereocenters. The molecular formula is C12H20N4O. The maximum Gasteiger partial charge on any atom is 0.252 e. The Labute approximate surface area is 101 Å². The van der Waals surface area contributed by atoms with Crippen LogP contribution in [-0.2, 0) is 6.54 Å². The fourth-order valence-corrected chi connectivity index (χ4v) is 1.79. The van der Waals surface area contributed by atoms with Crippen LogP contribution in [0.4, 0.5) is 5.95 Å². The highest BCUT2D eigenvalue weighted by molar-refractivity contribution is 5.29. The van der Waals surface area contributed by atoms with Crippen molar-refractivity contribution >= 4 is 5.95 Å². The van der Waals surface area contributed by atoms with E-state index in [-0.39, 0.29) is 5.56 Å². The van der Waals surface area contributed by atoms with E-state index in [0.717, 1.165) is 18.8 Å². The van der Waals surface area contributed by atoms with E-state index in [4.69, 9.17) is 0 Å². The van der Waals surface area contributed by atoms with Gasteiger partial charge in [-0.3, -0.25) is 9.78 Å². The molecule has 1 aromatic heterocycles. The highest BCUT2D eigenvalue weighted by Crippen LogP contribution is 2.19. The molecule has 0 unspecified atom stereocenters. The summed E-state index contributed by atoms with van der Waals surface area (Å²) in [6, 6.07) is 2.20. The molecule has 2 rings (SSSR count). The van der Waals surface area contributed by atoms with E-state index in [1.54, 1.807) is 6.07 Å². The van der Waals surface area contributed by atoms with Gasteiger partial charge in [0.2, 0.25) is 5.95 Å². The molecule has 1 heterocycles. The number of hydrogen-bond acceptors (Lipinski definition) is 4. The monoisotopic (exact) mass is 236 g/mol. The summed E-state index contributed by atoms with van der Waals surface area (Å²) in [5.41, 5.74) is 0.747. The summed E-state index contributed by atoms with van der Waals surface area (Å²) in [6.45, 7) is 6.48. The minimum atomic E-state index is -0.0745. The summed E-state index contributed by atoms with van der Waals surface area (Å²) in [5.74, 6) is 0.676. The van der Waals surface area contributed by atoms with Crippen molar-refractivity contribution in [3.63, 3.8) is 0 Å². The quantitative estimate of drug-likeness (QED) is 0.769. The molecule has 94 valence electrons. The topological polar surface area (TPSA) is 61.0 Å². The third-order valence-electron chi connectivity index (χ3n) is 2.99. The van der Waals surface area contributed by atoms with Gasteiger partial charge in [0.1, 0.15) is 0 Å². The van der Waals surface area contributed by atoms with Gasteiger partial charge in [0, 0.05) is 31.7 Å². The van der Waals surface area contributed by atoms with Crippen LogP contribution in [0.3, 0.4) is 0 Å². The number of nitrogens with one attached hydrogen (secondary N) is 2. The maximum atomic E-state index is 11.6. The predicted octanol–water partition coefficient (Wildman–Crippen LogP) is 0.868. The molecule has 0 saturated heterocycles. The Hall–Kier alpha value is -1.36. The van der Waals surface area contributed by atoms with Crippen molar-refractivity contribution < 1.29 is 0 Å². The third-order valence-corrected chi connectivity index (χ3v) is 2.99. The van der Waals surface area contributed by atoms with Gasteiger partial charge in [-0.25, -0.2) is 4.98 Å². The van der Waals surface area contributed by atoms with Gasteiger partial charge in [-0.1, -0.05) is 0 Å². The number of anilines is 1. The Morgan fingerprint density at radius 2 is 2.18 bits per heavy atom. The SMILES string of the molecule is CCN(CC)c1nc(CNC2CC2)cc(=O)[nH]1. The largest absolute Gasteiger partial charge is 0.343 e. The second kappa shape index (κ2) is 5.31. The Balaban J connectivity index is 2.12. The second-order valence-electron chi connectivity index (χ2n) is 4.39. The van der Waals surface area contributed by atoms with Crippen LogP contribution >= 0.6 is 0 Å². The number of aromatic nitrogens is 2. The van der Waals surface area contributed by atoms with E-state index >= 15 is 0 Å². The fourth-order valence-electron chi connectivity index (χ4n) is 1.79. The number of aromatic amines is 1. The maximum absolute atomic E-state index is 11.6. The van der Waals surface area contributed by atoms with E-state index in [1.807, 2.05) is 4.90 Å². The van der Waals surface area contributed by atoms with Gasteiger partial charge in [-0.2, -0.15) is 0 Å². The molecule has 17 heavy (non-hydrogen) atoms. The molecular weight excluding hydrogens is 216 g/mol. The van der Waals surface area contributed by atoms with Crippen molar-refractivity contribution in [3.05, 3.63) is 22.1 Å². The summed E-state index contributed by atoms with van der Waals surface area (Å²) < 4.78 is 0. The molecule has 1 saturated carbocycles. The van der Waals surface area contributed by atoms with Gasteiger partial charge < -0.3 is 10.2 Å². The molecule has 0 bridgehead atoms. The molecule has 0 amide bonds. The summed E-state index contributed by atoms with van der Waals surface area (Å²) >= 11 is 0. The highest BCUT2D eigenvalue weighted by atomic mass is 16.1. The zero-order valence-corrected chi connectivity index (χ0v) is 10.5. The van der Waals surface area contributed by atoms with Crippen LogP contribution in [-0.4, -0.2) is 29.1 Å². The van der Waals surface area contributed by atoms with Crippen molar-refractivity contribution in [2.45, 2.75) is 39.3 Å². The molecule has 0 radical (unpaired) electrons. The molecule has 5 nitrogen and oxygen atoms in total. The first-order chi connectivity index (χ1) is 8.22. The van der Waals surface area contributed by atoms with Gasteiger partial charge in [-0.05, 0) is 26.7 Å². The zero-order valence-electron chi connectivity index (χ0n) is 10.5. The smallest absolute Gasteiger partial charge is 0.252 e. The molecule has 1 aliphatic rings. The van der Waals surface area contributed by atoms with Crippen LogP contribution in [0.1, 0.15) is 32.4 Å². The number of H-pyrrole nitrogens is 1. The van der Waals surface area contributed by atoms with Crippen LogP contribution < -0.4 is 15.8 Å². The molecule has 0 spiro atoms. The van der Waals surface area contributed by atoms with E-state index in [9.17, 15) is 4.79 Å². The average molecular weight is 236 g/mol. The first-order valence-corrected chi connectivity index (χ1v) is 6.31. The third kappa shape index (κ3) is 3.30. The van der Waals surface area contributed by atoms with E-state index in [2.05, 4.69) is 29.1 Å². The lowest BCUT2D eigenvalue weighted by atomic mass is 10.4. The molecule has 5 heteroatoms. The minimum Gasteiger partial charge on any atom is -0.343 e. The standard InChI is InChI=1S/C12H20N4O/c1-3-16(4-2)12-14-10(7-11(17)15-12)8-13-9-5-6-9/h7,9,13H,3-6,8H2,1-2H3,(H,14,15,17). The Kier molecular flexibility index (Phi) is 3.78. The van der Waals surface area contributed by atoms with Crippen molar-refractivity contribution in [3.8, 4) is 0 Å². The van der Waals surface area contributed by atoms with Crippen molar-refractivity contribution in [1.29, 1.82) is 0 Å². The van der Waals surface area contributed by atoms with Crippen molar-refractivity contribution in [2.75, 3.05) is 18.0 Å². The fraction of sp³-hybridized carbons (Fsp3) is 0.667. The van der Waals surface area contributed by atoms with Crippen LogP contribution in [0.2, 0.25) is 0 Å². The first kappa shape index (κ1) is 12.1. The summed E-state index contributed by atoms with van der Waals surface area (Å²) in [5, 5.41) is 3.37. The van der Waals surface area contributed by atoms with Crippen molar-refractivity contribution in [2.24, 2.45) is 0 Å². The molecule has 1 aromatic rings. The van der Waals surface area contributed by atoms with E-state index < -0.39 is 0 Å². The van der Waals surface area contributed by atoms with Gasteiger partial charge in [0.25, 0.3) is 5.56 Å². The molecule has 1 aliphatic carbocycles. The number of rotatable bonds is 6. The van der Waals surface area contributed by atoms with E-state index in [0.29, 0.717) is 18.5 Å². The van der Waals surface area contributed by atoms with Crippen LogP contribution in [0, 0.1) is 0 Å². The average Bonchev–Trinajstić information content (AvgIpc) is 3.11. The lowest BCUT2D eigenvalue weighted by Gasteiger charge is -2.19. The first-order valence-electron chi connectivity index (χ1n) is 6.31. The van der Waals surface area contributed by atoms with Crippen LogP contribution in [0.5, 0.6) is 0 Å². The Morgan fingerprint density at radius 1 is 1.47 bits per heavy atom. The van der Waals surface area contributed by atoms with Gasteiger partial charge in [0.15, 0.2) is 0 Å². The molecule has 1 fully saturated rings. The lowest BCUT2D eigenvalue weighted by Crippen LogP contribution is -2.28. The minimum absolute atomic E-state index is 0.0745. The second-order valence-corrected chi connectivity index (χ2v) is 4.39. The normalized spacial score (nSPS) is 14.9. The van der Waals surface area contributed by atoms with Crippen LogP contribution in [0.25, 0.3) is 0 Å². The summed E-state index contributed by atoms with van der Waals surface area (Å²) in [7, 11) is 0.